The van der Waals surface area contributed by atoms with Gasteiger partial charge in [0.2, 0.25) is 0 Å². The fraction of sp³-hybridized carbons (Fsp3) is 0.0800. The normalized spacial score (nSPS) is 11.1. The van der Waals surface area contributed by atoms with Crippen molar-refractivity contribution < 1.29 is 14.6 Å². The molecule has 1 heterocycles. The molecule has 4 heteroatoms. The van der Waals surface area contributed by atoms with Crippen molar-refractivity contribution in [2.24, 2.45) is 0 Å². The number of aromatic nitrogens is 1. The van der Waals surface area contributed by atoms with Gasteiger partial charge in [-0.2, -0.15) is 0 Å². The van der Waals surface area contributed by atoms with Crippen molar-refractivity contribution in [1.29, 1.82) is 0 Å². The van der Waals surface area contributed by atoms with Gasteiger partial charge in [0.15, 0.2) is 11.5 Å². The first kappa shape index (κ1) is 18.6. The van der Waals surface area contributed by atoms with Crippen molar-refractivity contribution in [2.75, 3.05) is 7.11 Å². The summed E-state index contributed by atoms with van der Waals surface area (Å²) in [4.78, 5) is 4.75. The third kappa shape index (κ3) is 4.22. The summed E-state index contributed by atoms with van der Waals surface area (Å²) in [6, 6.07) is 25.3. The van der Waals surface area contributed by atoms with Gasteiger partial charge in [0.05, 0.1) is 12.8 Å². The molecule has 0 saturated carbocycles. The quantitative estimate of drug-likeness (QED) is 0.464. The molecule has 0 bridgehead atoms. The lowest BCUT2D eigenvalue weighted by Crippen LogP contribution is -1.97. The Balaban J connectivity index is 1.61. The second-order valence-electron chi connectivity index (χ2n) is 6.57. The van der Waals surface area contributed by atoms with E-state index in [1.54, 1.807) is 6.07 Å². The van der Waals surface area contributed by atoms with Crippen LogP contribution in [0.2, 0.25) is 0 Å². The summed E-state index contributed by atoms with van der Waals surface area (Å²) in [5.74, 6) is 1.29. The maximum absolute atomic E-state index is 10.2. The molecule has 3 aromatic carbocycles. The number of para-hydroxylation sites is 2. The zero-order valence-electron chi connectivity index (χ0n) is 16.1. The molecule has 0 unspecified atom stereocenters. The average Bonchev–Trinajstić information content (AvgIpc) is 2.77. The highest BCUT2D eigenvalue weighted by atomic mass is 16.5. The zero-order valence-corrected chi connectivity index (χ0v) is 16.1. The van der Waals surface area contributed by atoms with Gasteiger partial charge in [-0.15, -0.1) is 0 Å². The molecule has 4 rings (SSSR count). The number of phenolic OH excluding ortho intramolecular Hbond substituents is 1. The highest BCUT2D eigenvalue weighted by Crippen LogP contribution is 2.31. The molecule has 0 radical (unpaired) electrons. The maximum atomic E-state index is 10.2. The number of rotatable bonds is 6. The lowest BCUT2D eigenvalue weighted by atomic mass is 10.1. The third-order valence-electron chi connectivity index (χ3n) is 4.63. The lowest BCUT2D eigenvalue weighted by molar-refractivity contribution is 0.309. The third-order valence-corrected chi connectivity index (χ3v) is 4.63. The molecule has 0 saturated heterocycles. The Morgan fingerprint density at radius 2 is 1.62 bits per heavy atom. The van der Waals surface area contributed by atoms with Crippen molar-refractivity contribution in [1.82, 2.24) is 4.98 Å². The minimum absolute atomic E-state index is 0.110. The summed E-state index contributed by atoms with van der Waals surface area (Å²) in [7, 11) is 1.53. The average molecular weight is 383 g/mol. The SMILES string of the molecule is COc1cccc(C=Cc2ccc3cccc(OCc4ccccc4)c3n2)c1O. The van der Waals surface area contributed by atoms with E-state index in [9.17, 15) is 5.11 Å². The van der Waals surface area contributed by atoms with Crippen LogP contribution in [0, 0.1) is 0 Å². The van der Waals surface area contributed by atoms with Crippen molar-refractivity contribution in [3.05, 3.63) is 95.7 Å². The Hall–Kier alpha value is -3.79. The Morgan fingerprint density at radius 1 is 0.828 bits per heavy atom. The van der Waals surface area contributed by atoms with Crippen LogP contribution in [0.25, 0.3) is 23.1 Å². The topological polar surface area (TPSA) is 51.6 Å². The number of nitrogens with zero attached hydrogens (tertiary/aromatic N) is 1. The number of fused-ring (bicyclic) bond motifs is 1. The number of pyridine rings is 1. The van der Waals surface area contributed by atoms with Crippen LogP contribution in [0.15, 0.2) is 78.9 Å². The van der Waals surface area contributed by atoms with E-state index in [1.807, 2.05) is 84.9 Å². The van der Waals surface area contributed by atoms with Gasteiger partial charge in [-0.3, -0.25) is 0 Å². The van der Waals surface area contributed by atoms with Crippen molar-refractivity contribution >= 4 is 23.1 Å². The standard InChI is InChI=1S/C25H21NO3/c1-28-23-12-6-10-20(25(23)27)14-16-21-15-13-19-9-5-11-22(24(19)26-21)29-17-18-7-3-2-4-8-18/h2-16,27H,17H2,1H3. The van der Waals surface area contributed by atoms with Gasteiger partial charge in [0.1, 0.15) is 17.9 Å². The van der Waals surface area contributed by atoms with Crippen molar-refractivity contribution in [3.63, 3.8) is 0 Å². The first-order valence-electron chi connectivity index (χ1n) is 9.35. The molecule has 0 amide bonds. The molecular weight excluding hydrogens is 362 g/mol. The van der Waals surface area contributed by atoms with Gasteiger partial charge in [0.25, 0.3) is 0 Å². The van der Waals surface area contributed by atoms with Gasteiger partial charge >= 0.3 is 0 Å². The van der Waals surface area contributed by atoms with Gasteiger partial charge in [-0.05, 0) is 35.9 Å². The Labute approximate surface area is 169 Å². The Morgan fingerprint density at radius 3 is 2.45 bits per heavy atom. The predicted octanol–water partition coefficient (Wildman–Crippen LogP) is 5.70. The number of methoxy groups -OCH3 is 1. The van der Waals surface area contributed by atoms with Gasteiger partial charge in [-0.1, -0.05) is 60.7 Å². The van der Waals surface area contributed by atoms with Crippen LogP contribution < -0.4 is 9.47 Å². The number of hydrogen-bond donors (Lipinski definition) is 1. The molecule has 0 spiro atoms. The molecule has 144 valence electrons. The van der Waals surface area contributed by atoms with Crippen LogP contribution in [0.5, 0.6) is 17.2 Å². The van der Waals surface area contributed by atoms with E-state index >= 15 is 0 Å². The van der Waals surface area contributed by atoms with Gasteiger partial charge in [-0.25, -0.2) is 4.98 Å². The Kier molecular flexibility index (Phi) is 5.43. The summed E-state index contributed by atoms with van der Waals surface area (Å²) in [6.07, 6.45) is 3.68. The number of aromatic hydroxyl groups is 1. The Bertz CT molecular complexity index is 1150. The summed E-state index contributed by atoms with van der Waals surface area (Å²) in [5.41, 5.74) is 3.35. The summed E-state index contributed by atoms with van der Waals surface area (Å²) in [6.45, 7) is 0.485. The minimum Gasteiger partial charge on any atom is -0.504 e. The van der Waals surface area contributed by atoms with Gasteiger partial charge < -0.3 is 14.6 Å². The predicted molar refractivity (Wildman–Crippen MR) is 116 cm³/mol. The second kappa shape index (κ2) is 8.48. The monoisotopic (exact) mass is 383 g/mol. The lowest BCUT2D eigenvalue weighted by Gasteiger charge is -2.09. The van der Waals surface area contributed by atoms with Crippen LogP contribution in [-0.2, 0) is 6.61 Å². The molecule has 1 aromatic heterocycles. The van der Waals surface area contributed by atoms with Crippen molar-refractivity contribution in [2.45, 2.75) is 6.61 Å². The fourth-order valence-corrected chi connectivity index (χ4v) is 3.09. The number of benzene rings is 3. The number of phenols is 1. The smallest absolute Gasteiger partial charge is 0.165 e. The molecule has 0 atom stereocenters. The summed E-state index contributed by atoms with van der Waals surface area (Å²) >= 11 is 0. The summed E-state index contributed by atoms with van der Waals surface area (Å²) in [5, 5.41) is 11.3. The van der Waals surface area contributed by atoms with Crippen LogP contribution in [0.4, 0.5) is 0 Å². The minimum atomic E-state index is 0.110. The maximum Gasteiger partial charge on any atom is 0.165 e. The van der Waals surface area contributed by atoms with Gasteiger partial charge in [0, 0.05) is 10.9 Å². The van der Waals surface area contributed by atoms with E-state index in [1.165, 1.54) is 7.11 Å². The second-order valence-corrected chi connectivity index (χ2v) is 6.57. The first-order valence-corrected chi connectivity index (χ1v) is 9.35. The first-order chi connectivity index (χ1) is 14.2. The molecular formula is C25H21NO3. The molecule has 29 heavy (non-hydrogen) atoms. The zero-order chi connectivity index (χ0) is 20.1. The molecule has 4 nitrogen and oxygen atoms in total. The van der Waals surface area contributed by atoms with E-state index in [0.29, 0.717) is 17.9 Å². The molecule has 1 N–H and O–H groups in total. The molecule has 0 fully saturated rings. The van der Waals surface area contributed by atoms with Crippen LogP contribution in [0.1, 0.15) is 16.8 Å². The van der Waals surface area contributed by atoms with Crippen LogP contribution in [0.3, 0.4) is 0 Å². The number of ether oxygens (including phenoxy) is 2. The van der Waals surface area contributed by atoms with E-state index in [0.717, 1.165) is 27.9 Å². The van der Waals surface area contributed by atoms with Crippen LogP contribution >= 0.6 is 0 Å². The van der Waals surface area contributed by atoms with E-state index in [2.05, 4.69) is 0 Å². The van der Waals surface area contributed by atoms with Crippen molar-refractivity contribution in [3.8, 4) is 17.2 Å². The van der Waals surface area contributed by atoms with E-state index in [4.69, 9.17) is 14.5 Å². The number of hydrogen-bond acceptors (Lipinski definition) is 4. The fourth-order valence-electron chi connectivity index (χ4n) is 3.09. The van der Waals surface area contributed by atoms with E-state index in [-0.39, 0.29) is 5.75 Å². The van der Waals surface area contributed by atoms with Crippen LogP contribution in [-0.4, -0.2) is 17.2 Å². The summed E-state index contributed by atoms with van der Waals surface area (Å²) < 4.78 is 11.2. The highest BCUT2D eigenvalue weighted by Gasteiger charge is 2.06. The largest absolute Gasteiger partial charge is 0.504 e. The molecule has 0 aliphatic rings. The molecule has 0 aliphatic heterocycles. The van der Waals surface area contributed by atoms with E-state index < -0.39 is 0 Å². The highest BCUT2D eigenvalue weighted by molar-refractivity contribution is 5.86. The molecule has 0 aliphatic carbocycles. The molecule has 4 aromatic rings.